The summed E-state index contributed by atoms with van der Waals surface area (Å²) >= 11 is 0. The minimum Gasteiger partial charge on any atom is -0.495 e. The van der Waals surface area contributed by atoms with Crippen molar-refractivity contribution in [2.24, 2.45) is 0 Å². The maximum Gasteiger partial charge on any atom is 0.173 e. The number of nitrogens with zero attached hydrogens (tertiary/aromatic N) is 6. The first-order chi connectivity index (χ1) is 14.5. The molecule has 2 heterocycles. The van der Waals surface area contributed by atoms with Gasteiger partial charge in [-0.25, -0.2) is 4.68 Å². The van der Waals surface area contributed by atoms with E-state index < -0.39 is 0 Å². The van der Waals surface area contributed by atoms with Gasteiger partial charge in [-0.2, -0.15) is 0 Å². The third-order valence-electron chi connectivity index (χ3n) is 5.59. The van der Waals surface area contributed by atoms with Crippen molar-refractivity contribution in [1.82, 2.24) is 25.1 Å². The van der Waals surface area contributed by atoms with Crippen LogP contribution in [0, 0.1) is 0 Å². The van der Waals surface area contributed by atoms with Gasteiger partial charge in [0, 0.05) is 26.2 Å². The van der Waals surface area contributed by atoms with Crippen LogP contribution < -0.4 is 9.64 Å². The third kappa shape index (κ3) is 4.03. The first-order valence-electron chi connectivity index (χ1n) is 10.4. The highest BCUT2D eigenvalue weighted by molar-refractivity contribution is 5.58. The van der Waals surface area contributed by atoms with Crippen LogP contribution in [0.25, 0.3) is 0 Å². The number of para-hydroxylation sites is 2. The number of hydrogen-bond donors (Lipinski definition) is 0. The Kier molecular flexibility index (Phi) is 5.72. The van der Waals surface area contributed by atoms with Crippen LogP contribution >= 0.6 is 0 Å². The van der Waals surface area contributed by atoms with Gasteiger partial charge in [0.2, 0.25) is 0 Å². The van der Waals surface area contributed by atoms with Gasteiger partial charge in [0.05, 0.1) is 24.4 Å². The number of anilines is 1. The number of rotatable bonds is 5. The Bertz CT molecular complexity index is 957. The second-order valence-electron chi connectivity index (χ2n) is 8.63. The summed E-state index contributed by atoms with van der Waals surface area (Å²) in [7, 11) is 1.73. The van der Waals surface area contributed by atoms with Gasteiger partial charge in [0.25, 0.3) is 0 Å². The van der Waals surface area contributed by atoms with Crippen LogP contribution in [-0.2, 0) is 5.54 Å². The summed E-state index contributed by atoms with van der Waals surface area (Å²) < 4.78 is 7.52. The van der Waals surface area contributed by atoms with Crippen LogP contribution in [0.15, 0.2) is 54.6 Å². The van der Waals surface area contributed by atoms with Gasteiger partial charge < -0.3 is 9.64 Å². The van der Waals surface area contributed by atoms with Crippen molar-refractivity contribution in [2.45, 2.75) is 32.4 Å². The molecule has 1 aromatic heterocycles. The fourth-order valence-electron chi connectivity index (χ4n) is 4.11. The fourth-order valence-corrected chi connectivity index (χ4v) is 4.11. The summed E-state index contributed by atoms with van der Waals surface area (Å²) in [4.78, 5) is 4.87. The highest BCUT2D eigenvalue weighted by Crippen LogP contribution is 2.33. The monoisotopic (exact) mass is 406 g/mol. The molecule has 1 fully saturated rings. The lowest BCUT2D eigenvalue weighted by atomic mass is 10.0. The molecule has 0 bridgehead atoms. The predicted molar refractivity (Wildman–Crippen MR) is 118 cm³/mol. The van der Waals surface area contributed by atoms with E-state index in [1.807, 2.05) is 22.9 Å². The maximum atomic E-state index is 5.57. The number of hydrogen-bond acceptors (Lipinski definition) is 6. The first kappa shape index (κ1) is 20.3. The van der Waals surface area contributed by atoms with Crippen molar-refractivity contribution >= 4 is 5.69 Å². The summed E-state index contributed by atoms with van der Waals surface area (Å²) in [6, 6.07) is 18.8. The second-order valence-corrected chi connectivity index (χ2v) is 8.63. The number of aromatic nitrogens is 4. The van der Waals surface area contributed by atoms with Crippen LogP contribution in [0.3, 0.4) is 0 Å². The highest BCUT2D eigenvalue weighted by atomic mass is 16.5. The first-order valence-corrected chi connectivity index (χ1v) is 10.4. The molecule has 158 valence electrons. The van der Waals surface area contributed by atoms with E-state index in [0.29, 0.717) is 0 Å². The molecule has 1 atom stereocenters. The van der Waals surface area contributed by atoms with Gasteiger partial charge in [-0.15, -0.1) is 5.10 Å². The van der Waals surface area contributed by atoms with Gasteiger partial charge in [0.1, 0.15) is 5.75 Å². The topological polar surface area (TPSA) is 59.3 Å². The van der Waals surface area contributed by atoms with Crippen molar-refractivity contribution < 1.29 is 4.74 Å². The van der Waals surface area contributed by atoms with E-state index in [4.69, 9.17) is 4.74 Å². The molecule has 1 saturated heterocycles. The minimum atomic E-state index is -0.189. The van der Waals surface area contributed by atoms with E-state index in [0.717, 1.165) is 43.4 Å². The van der Waals surface area contributed by atoms with E-state index in [9.17, 15) is 0 Å². The Morgan fingerprint density at radius 2 is 1.57 bits per heavy atom. The third-order valence-corrected chi connectivity index (χ3v) is 5.59. The average molecular weight is 407 g/mol. The number of piperazine rings is 1. The molecule has 4 rings (SSSR count). The van der Waals surface area contributed by atoms with Crippen molar-refractivity contribution in [3.05, 3.63) is 66.0 Å². The SMILES string of the molecule is COc1ccccc1N1CCN(C(c2ccccc2)c2nnnn2C(C)(C)C)CC1. The molecule has 3 aromatic rings. The number of benzene rings is 2. The summed E-state index contributed by atoms with van der Waals surface area (Å²) in [5.41, 5.74) is 2.17. The van der Waals surface area contributed by atoms with Crippen LogP contribution in [0.4, 0.5) is 5.69 Å². The Labute approximate surface area is 178 Å². The molecule has 0 saturated carbocycles. The second kappa shape index (κ2) is 8.44. The van der Waals surface area contributed by atoms with Crippen molar-refractivity contribution in [2.75, 3.05) is 38.2 Å². The number of ether oxygens (including phenoxy) is 1. The minimum absolute atomic E-state index is 0.0141. The molecule has 1 unspecified atom stereocenters. The van der Waals surface area contributed by atoms with Crippen LogP contribution in [0.5, 0.6) is 5.75 Å². The van der Waals surface area contributed by atoms with Crippen LogP contribution in [0.1, 0.15) is 38.2 Å². The molecule has 7 nitrogen and oxygen atoms in total. The molecule has 0 amide bonds. The number of methoxy groups -OCH3 is 1. The van der Waals surface area contributed by atoms with E-state index in [1.165, 1.54) is 5.56 Å². The highest BCUT2D eigenvalue weighted by Gasteiger charge is 2.33. The Morgan fingerprint density at radius 1 is 0.900 bits per heavy atom. The Morgan fingerprint density at radius 3 is 2.23 bits per heavy atom. The molecular weight excluding hydrogens is 376 g/mol. The zero-order chi connectivity index (χ0) is 21.1. The number of tetrazole rings is 1. The van der Waals surface area contributed by atoms with Gasteiger partial charge in [0.15, 0.2) is 5.82 Å². The molecule has 0 spiro atoms. The molecule has 0 aliphatic carbocycles. The normalized spacial score (nSPS) is 16.5. The average Bonchev–Trinajstić information content (AvgIpc) is 3.25. The molecule has 1 aliphatic rings. The molecule has 0 N–H and O–H groups in total. The van der Waals surface area contributed by atoms with Gasteiger partial charge in [-0.3, -0.25) is 4.90 Å². The van der Waals surface area contributed by atoms with Crippen molar-refractivity contribution in [1.29, 1.82) is 0 Å². The molecule has 2 aromatic carbocycles. The molecule has 0 radical (unpaired) electrons. The van der Waals surface area contributed by atoms with Crippen molar-refractivity contribution in [3.8, 4) is 5.75 Å². The van der Waals surface area contributed by atoms with Gasteiger partial charge in [-0.05, 0) is 48.9 Å². The summed E-state index contributed by atoms with van der Waals surface area (Å²) in [6.45, 7) is 10.1. The maximum absolute atomic E-state index is 5.57. The van der Waals surface area contributed by atoms with Gasteiger partial charge in [-0.1, -0.05) is 42.5 Å². The summed E-state index contributed by atoms with van der Waals surface area (Å²) in [5, 5.41) is 12.8. The molecule has 30 heavy (non-hydrogen) atoms. The van der Waals surface area contributed by atoms with E-state index in [2.05, 4.69) is 82.5 Å². The molecular formula is C23H30N6O. The zero-order valence-electron chi connectivity index (χ0n) is 18.2. The Balaban J connectivity index is 1.62. The van der Waals surface area contributed by atoms with Crippen molar-refractivity contribution in [3.63, 3.8) is 0 Å². The quantitative estimate of drug-likeness (QED) is 0.648. The van der Waals surface area contributed by atoms with Crippen LogP contribution in [0.2, 0.25) is 0 Å². The lowest BCUT2D eigenvalue weighted by molar-refractivity contribution is 0.191. The van der Waals surface area contributed by atoms with E-state index in [-0.39, 0.29) is 11.6 Å². The zero-order valence-corrected chi connectivity index (χ0v) is 18.2. The Hall–Kier alpha value is -2.93. The standard InChI is InChI=1S/C23H30N6O/c1-23(2,3)29-22(24-25-26-29)21(18-10-6-5-7-11-18)28-16-14-27(15-17-28)19-12-8-9-13-20(19)30-4/h5-13,21H,14-17H2,1-4H3. The fraction of sp³-hybridized carbons (Fsp3) is 0.435. The van der Waals surface area contributed by atoms with Crippen LogP contribution in [-0.4, -0.2) is 58.4 Å². The predicted octanol–water partition coefficient (Wildman–Crippen LogP) is 3.35. The van der Waals surface area contributed by atoms with E-state index >= 15 is 0 Å². The summed E-state index contributed by atoms with van der Waals surface area (Å²) in [6.07, 6.45) is 0. The lowest BCUT2D eigenvalue weighted by Crippen LogP contribution is -2.48. The molecule has 1 aliphatic heterocycles. The summed E-state index contributed by atoms with van der Waals surface area (Å²) in [5.74, 6) is 1.81. The van der Waals surface area contributed by atoms with Gasteiger partial charge >= 0.3 is 0 Å². The van der Waals surface area contributed by atoms with E-state index in [1.54, 1.807) is 7.11 Å². The largest absolute Gasteiger partial charge is 0.495 e. The molecule has 7 heteroatoms. The lowest BCUT2D eigenvalue weighted by Gasteiger charge is -2.40. The smallest absolute Gasteiger partial charge is 0.173 e.